The molecule has 0 aliphatic heterocycles. The number of phenols is 1. The average molecular weight is 242 g/mol. The van der Waals surface area contributed by atoms with E-state index in [4.69, 9.17) is 15.9 Å². The number of nitrogens with two attached hydrogens (primary N) is 1. The molecule has 0 aliphatic carbocycles. The van der Waals surface area contributed by atoms with Gasteiger partial charge in [0, 0.05) is 11.6 Å². The highest BCUT2D eigenvalue weighted by atomic mass is 16.5. The third-order valence-electron chi connectivity index (χ3n) is 2.45. The van der Waals surface area contributed by atoms with E-state index < -0.39 is 0 Å². The summed E-state index contributed by atoms with van der Waals surface area (Å²) in [5.74, 6) is 0.422. The number of hydrogen-bond donors (Lipinski definition) is 3. The van der Waals surface area contributed by atoms with Crippen molar-refractivity contribution >= 4 is 5.84 Å². The van der Waals surface area contributed by atoms with Gasteiger partial charge in [-0.2, -0.15) is 0 Å². The van der Waals surface area contributed by atoms with Crippen LogP contribution in [0.2, 0.25) is 0 Å². The number of nitrogens with one attached hydrogen (secondary N) is 1. The van der Waals surface area contributed by atoms with Crippen molar-refractivity contribution in [1.82, 2.24) is 0 Å². The van der Waals surface area contributed by atoms with Crippen molar-refractivity contribution in [3.05, 3.63) is 59.7 Å². The molecule has 0 saturated heterocycles. The minimum absolute atomic E-state index is 0.0331. The molecule has 0 unspecified atom stereocenters. The number of phenolic OH excluding ortho intramolecular Hbond substituents is 1. The Morgan fingerprint density at radius 2 is 1.89 bits per heavy atom. The van der Waals surface area contributed by atoms with Gasteiger partial charge in [0.25, 0.3) is 0 Å². The van der Waals surface area contributed by atoms with Crippen LogP contribution >= 0.6 is 0 Å². The zero-order valence-electron chi connectivity index (χ0n) is 9.76. The highest BCUT2D eigenvalue weighted by Gasteiger charge is 2.03. The van der Waals surface area contributed by atoms with Gasteiger partial charge < -0.3 is 15.6 Å². The van der Waals surface area contributed by atoms with Crippen molar-refractivity contribution in [2.75, 3.05) is 0 Å². The Morgan fingerprint density at radius 3 is 2.56 bits per heavy atom. The lowest BCUT2D eigenvalue weighted by Crippen LogP contribution is -2.11. The lowest BCUT2D eigenvalue weighted by atomic mass is 10.2. The van der Waals surface area contributed by atoms with E-state index in [2.05, 4.69) is 0 Å². The summed E-state index contributed by atoms with van der Waals surface area (Å²) >= 11 is 0. The number of aromatic hydroxyl groups is 1. The Labute approximate surface area is 105 Å². The molecule has 0 saturated carbocycles. The van der Waals surface area contributed by atoms with Crippen LogP contribution in [0.1, 0.15) is 11.1 Å². The Balaban J connectivity index is 2.12. The van der Waals surface area contributed by atoms with Crippen LogP contribution in [-0.2, 0) is 6.61 Å². The SMILES string of the molecule is N=C(N)c1cc(O)cc(OCc2ccccc2)c1. The Morgan fingerprint density at radius 1 is 1.17 bits per heavy atom. The summed E-state index contributed by atoms with van der Waals surface area (Å²) in [4.78, 5) is 0. The zero-order chi connectivity index (χ0) is 13.0. The van der Waals surface area contributed by atoms with Crippen molar-refractivity contribution in [2.24, 2.45) is 5.73 Å². The molecular weight excluding hydrogens is 228 g/mol. The second-order valence-corrected chi connectivity index (χ2v) is 3.90. The summed E-state index contributed by atoms with van der Waals surface area (Å²) in [6.07, 6.45) is 0. The molecular formula is C14H14N2O2. The second kappa shape index (κ2) is 5.23. The van der Waals surface area contributed by atoms with E-state index in [1.54, 1.807) is 6.07 Å². The lowest BCUT2D eigenvalue weighted by Gasteiger charge is -2.08. The summed E-state index contributed by atoms with van der Waals surface area (Å²) in [6.45, 7) is 0.404. The molecule has 0 atom stereocenters. The molecule has 2 aromatic rings. The smallest absolute Gasteiger partial charge is 0.124 e. The van der Waals surface area contributed by atoms with Gasteiger partial charge in [0.15, 0.2) is 0 Å². The van der Waals surface area contributed by atoms with Gasteiger partial charge in [-0.1, -0.05) is 30.3 Å². The maximum Gasteiger partial charge on any atom is 0.124 e. The number of hydrogen-bond acceptors (Lipinski definition) is 3. The van der Waals surface area contributed by atoms with Gasteiger partial charge in [-0.3, -0.25) is 5.41 Å². The predicted octanol–water partition coefficient (Wildman–Crippen LogP) is 2.26. The van der Waals surface area contributed by atoms with E-state index in [0.717, 1.165) is 5.56 Å². The first-order valence-electron chi connectivity index (χ1n) is 5.50. The summed E-state index contributed by atoms with van der Waals surface area (Å²) < 4.78 is 5.55. The second-order valence-electron chi connectivity index (χ2n) is 3.90. The van der Waals surface area contributed by atoms with Gasteiger partial charge in [0.2, 0.25) is 0 Å². The lowest BCUT2D eigenvalue weighted by molar-refractivity contribution is 0.304. The largest absolute Gasteiger partial charge is 0.508 e. The molecule has 2 rings (SSSR count). The first-order chi connectivity index (χ1) is 8.65. The zero-order valence-corrected chi connectivity index (χ0v) is 9.76. The summed E-state index contributed by atoms with van der Waals surface area (Å²) in [5, 5.41) is 16.8. The third-order valence-corrected chi connectivity index (χ3v) is 2.45. The van der Waals surface area contributed by atoms with Gasteiger partial charge >= 0.3 is 0 Å². The molecule has 0 aliphatic rings. The molecule has 0 aromatic heterocycles. The van der Waals surface area contributed by atoms with E-state index in [1.165, 1.54) is 12.1 Å². The molecule has 0 heterocycles. The summed E-state index contributed by atoms with van der Waals surface area (Å²) in [7, 11) is 0. The van der Waals surface area contributed by atoms with E-state index in [1.807, 2.05) is 30.3 Å². The first-order valence-corrected chi connectivity index (χ1v) is 5.50. The monoisotopic (exact) mass is 242 g/mol. The van der Waals surface area contributed by atoms with Crippen LogP contribution in [-0.4, -0.2) is 10.9 Å². The normalized spacial score (nSPS) is 10.0. The third kappa shape index (κ3) is 3.01. The van der Waals surface area contributed by atoms with Gasteiger partial charge in [-0.25, -0.2) is 0 Å². The van der Waals surface area contributed by atoms with Crippen LogP contribution in [0.4, 0.5) is 0 Å². The number of benzene rings is 2. The van der Waals surface area contributed by atoms with Crippen LogP contribution < -0.4 is 10.5 Å². The van der Waals surface area contributed by atoms with Crippen LogP contribution in [0, 0.1) is 5.41 Å². The Bertz CT molecular complexity index is 553. The maximum atomic E-state index is 9.51. The maximum absolute atomic E-state index is 9.51. The quantitative estimate of drug-likeness (QED) is 0.568. The average Bonchev–Trinajstić information content (AvgIpc) is 2.37. The molecule has 18 heavy (non-hydrogen) atoms. The van der Waals surface area contributed by atoms with Crippen LogP contribution in [0.25, 0.3) is 0 Å². The summed E-state index contributed by atoms with van der Waals surface area (Å²) in [5.41, 5.74) is 6.85. The summed E-state index contributed by atoms with van der Waals surface area (Å²) in [6, 6.07) is 14.3. The number of rotatable bonds is 4. The van der Waals surface area contributed by atoms with Crippen molar-refractivity contribution in [2.45, 2.75) is 6.61 Å². The van der Waals surface area contributed by atoms with E-state index in [-0.39, 0.29) is 11.6 Å². The molecule has 0 amide bonds. The highest BCUT2D eigenvalue weighted by molar-refractivity contribution is 5.95. The number of amidine groups is 1. The van der Waals surface area contributed by atoms with Crippen molar-refractivity contribution < 1.29 is 9.84 Å². The minimum Gasteiger partial charge on any atom is -0.508 e. The van der Waals surface area contributed by atoms with E-state index in [9.17, 15) is 5.11 Å². The Kier molecular flexibility index (Phi) is 3.48. The fourth-order valence-corrected chi connectivity index (χ4v) is 1.56. The molecule has 0 spiro atoms. The van der Waals surface area contributed by atoms with Crippen LogP contribution in [0.3, 0.4) is 0 Å². The molecule has 0 bridgehead atoms. The number of nitrogen functional groups attached to an aromatic ring is 1. The first kappa shape index (κ1) is 12.0. The van der Waals surface area contributed by atoms with Crippen molar-refractivity contribution in [3.63, 3.8) is 0 Å². The molecule has 4 N–H and O–H groups in total. The molecule has 0 radical (unpaired) electrons. The van der Waals surface area contributed by atoms with Gasteiger partial charge in [-0.15, -0.1) is 0 Å². The van der Waals surface area contributed by atoms with E-state index in [0.29, 0.717) is 17.9 Å². The molecule has 92 valence electrons. The molecule has 0 fully saturated rings. The van der Waals surface area contributed by atoms with E-state index >= 15 is 0 Å². The fourth-order valence-electron chi connectivity index (χ4n) is 1.56. The van der Waals surface area contributed by atoms with Crippen LogP contribution in [0.15, 0.2) is 48.5 Å². The molecule has 2 aromatic carbocycles. The Hall–Kier alpha value is -2.49. The molecule has 4 heteroatoms. The fraction of sp³-hybridized carbons (Fsp3) is 0.0714. The van der Waals surface area contributed by atoms with Crippen LogP contribution in [0.5, 0.6) is 11.5 Å². The number of ether oxygens (including phenoxy) is 1. The van der Waals surface area contributed by atoms with Gasteiger partial charge in [0.1, 0.15) is 23.9 Å². The predicted molar refractivity (Wildman–Crippen MR) is 69.9 cm³/mol. The van der Waals surface area contributed by atoms with Gasteiger partial charge in [0.05, 0.1) is 0 Å². The van der Waals surface area contributed by atoms with Crippen molar-refractivity contribution in [3.8, 4) is 11.5 Å². The topological polar surface area (TPSA) is 79.3 Å². The van der Waals surface area contributed by atoms with Crippen molar-refractivity contribution in [1.29, 1.82) is 5.41 Å². The minimum atomic E-state index is -0.101. The van der Waals surface area contributed by atoms with Gasteiger partial charge in [-0.05, 0) is 17.7 Å². The molecule has 4 nitrogen and oxygen atoms in total. The highest BCUT2D eigenvalue weighted by Crippen LogP contribution is 2.22. The standard InChI is InChI=1S/C14H14N2O2/c15-14(16)11-6-12(17)8-13(7-11)18-9-10-4-2-1-3-5-10/h1-8,17H,9H2,(H3,15,16).